The molecule has 0 aliphatic carbocycles. The number of rotatable bonds is 9. The Labute approximate surface area is 139 Å². The molecule has 0 saturated heterocycles. The largest absolute Gasteiger partial charge is 0.496 e. The molecule has 0 amide bonds. The Hall–Kier alpha value is -3.51. The molecule has 0 heterocycles. The minimum atomic E-state index is -0.147. The minimum absolute atomic E-state index is 0.147. The summed E-state index contributed by atoms with van der Waals surface area (Å²) in [6, 6.07) is 0. The van der Waals surface area contributed by atoms with E-state index in [0.29, 0.717) is 16.7 Å². The number of hydrogen-bond acceptors (Lipinski definition) is 9. The van der Waals surface area contributed by atoms with Gasteiger partial charge in [-0.1, -0.05) is 0 Å². The van der Waals surface area contributed by atoms with Gasteiger partial charge in [-0.05, 0) is 0 Å². The number of benzene rings is 1. The molecule has 0 aliphatic heterocycles. The van der Waals surface area contributed by atoms with Gasteiger partial charge in [-0.2, -0.15) is 15.8 Å². The molecular weight excluding hydrogens is 318 g/mol. The van der Waals surface area contributed by atoms with Crippen LogP contribution in [0.4, 0.5) is 0 Å². The van der Waals surface area contributed by atoms with Crippen LogP contribution in [0.1, 0.15) is 16.7 Å². The highest BCUT2D eigenvalue weighted by Gasteiger charge is 2.27. The fraction of sp³-hybridized carbons (Fsp3) is 0.400. The highest BCUT2D eigenvalue weighted by Crippen LogP contribution is 2.44. The molecule has 0 aromatic heterocycles. The maximum absolute atomic E-state index is 8.66. The lowest BCUT2D eigenvalue weighted by Crippen LogP contribution is -2.09. The lowest BCUT2D eigenvalue weighted by Gasteiger charge is -2.22. The van der Waals surface area contributed by atoms with Crippen molar-refractivity contribution in [3.63, 3.8) is 0 Å². The summed E-state index contributed by atoms with van der Waals surface area (Å²) in [5.74, 6) is 0.861. The van der Waals surface area contributed by atoms with E-state index in [1.165, 1.54) is 21.3 Å². The van der Waals surface area contributed by atoms with Crippen molar-refractivity contribution in [3.05, 3.63) is 16.7 Å². The zero-order chi connectivity index (χ0) is 17.9. The Morgan fingerprint density at radius 1 is 0.583 bits per heavy atom. The van der Waals surface area contributed by atoms with E-state index in [1.807, 2.05) is 0 Å². The van der Waals surface area contributed by atoms with Gasteiger partial charge in [-0.25, -0.2) is 0 Å². The molecule has 1 rings (SSSR count). The summed E-state index contributed by atoms with van der Waals surface area (Å²) in [5, 5.41) is 26.0. The van der Waals surface area contributed by atoms with Crippen molar-refractivity contribution >= 4 is 0 Å². The van der Waals surface area contributed by atoms with Crippen molar-refractivity contribution in [3.8, 4) is 36.0 Å². The first-order chi connectivity index (χ1) is 11.7. The van der Waals surface area contributed by atoms with Gasteiger partial charge in [0.15, 0.2) is 0 Å². The Bertz CT molecular complexity index is 583. The SMILES string of the molecule is COc1c(COC#N)c(OC)c(COC#N)c(OC)c1COC#N. The van der Waals surface area contributed by atoms with Gasteiger partial charge in [0.05, 0.1) is 38.0 Å². The lowest BCUT2D eigenvalue weighted by molar-refractivity contribution is 0.220. The smallest absolute Gasteiger partial charge is 0.286 e. The standard InChI is InChI=1S/C15H15N3O6/c1-19-13-10(4-22-7-16)14(20-2)12(6-24-9-18)15(21-3)11(13)5-23-8-17/h4-6H2,1-3H3. The molecule has 0 fully saturated rings. The number of nitrogens with zero attached hydrogens (tertiary/aromatic N) is 3. The summed E-state index contributed by atoms with van der Waals surface area (Å²) >= 11 is 0. The predicted molar refractivity (Wildman–Crippen MR) is 77.3 cm³/mol. The molecule has 0 bridgehead atoms. The van der Waals surface area contributed by atoms with Gasteiger partial charge in [0.2, 0.25) is 0 Å². The second-order valence-corrected chi connectivity index (χ2v) is 4.18. The van der Waals surface area contributed by atoms with Crippen LogP contribution in [0.25, 0.3) is 0 Å². The highest BCUT2D eigenvalue weighted by molar-refractivity contribution is 5.62. The maximum atomic E-state index is 8.66. The van der Waals surface area contributed by atoms with Gasteiger partial charge in [0.25, 0.3) is 18.8 Å². The van der Waals surface area contributed by atoms with Gasteiger partial charge in [0, 0.05) is 0 Å². The van der Waals surface area contributed by atoms with E-state index < -0.39 is 0 Å². The molecule has 0 spiro atoms. The van der Waals surface area contributed by atoms with Crippen molar-refractivity contribution < 1.29 is 28.4 Å². The van der Waals surface area contributed by atoms with Crippen LogP contribution < -0.4 is 14.2 Å². The van der Waals surface area contributed by atoms with Crippen molar-refractivity contribution in [2.24, 2.45) is 0 Å². The second kappa shape index (κ2) is 9.50. The van der Waals surface area contributed by atoms with E-state index in [2.05, 4.69) is 0 Å². The predicted octanol–water partition coefficient (Wildman–Crippen LogP) is 1.71. The van der Waals surface area contributed by atoms with Crippen molar-refractivity contribution in [1.29, 1.82) is 15.8 Å². The second-order valence-electron chi connectivity index (χ2n) is 4.18. The van der Waals surface area contributed by atoms with Gasteiger partial charge in [-0.15, -0.1) is 0 Å². The Balaban J connectivity index is 3.69. The molecule has 24 heavy (non-hydrogen) atoms. The third-order valence-corrected chi connectivity index (χ3v) is 3.10. The van der Waals surface area contributed by atoms with Crippen molar-refractivity contribution in [2.45, 2.75) is 19.8 Å². The average Bonchev–Trinajstić information content (AvgIpc) is 2.61. The molecule has 0 atom stereocenters. The molecule has 0 unspecified atom stereocenters. The minimum Gasteiger partial charge on any atom is -0.496 e. The summed E-state index contributed by atoms with van der Waals surface area (Å²) < 4.78 is 30.5. The van der Waals surface area contributed by atoms with Crippen LogP contribution in [-0.2, 0) is 34.0 Å². The molecular formula is C15H15N3O6. The normalized spacial score (nSPS) is 9.00. The van der Waals surface area contributed by atoms with Crippen molar-refractivity contribution in [1.82, 2.24) is 0 Å². The van der Waals surface area contributed by atoms with Crippen LogP contribution in [0.2, 0.25) is 0 Å². The van der Waals surface area contributed by atoms with Gasteiger partial charge in [0.1, 0.15) is 37.1 Å². The van der Waals surface area contributed by atoms with E-state index in [1.54, 1.807) is 18.8 Å². The van der Waals surface area contributed by atoms with Crippen LogP contribution in [0.15, 0.2) is 0 Å². The first-order valence-corrected chi connectivity index (χ1v) is 6.55. The molecule has 0 N–H and O–H groups in total. The van der Waals surface area contributed by atoms with E-state index >= 15 is 0 Å². The monoisotopic (exact) mass is 333 g/mol. The maximum Gasteiger partial charge on any atom is 0.286 e. The van der Waals surface area contributed by atoms with E-state index in [9.17, 15) is 0 Å². The van der Waals surface area contributed by atoms with Crippen molar-refractivity contribution in [2.75, 3.05) is 21.3 Å². The van der Waals surface area contributed by atoms with E-state index in [0.717, 1.165) is 0 Å². The van der Waals surface area contributed by atoms with Gasteiger partial charge < -0.3 is 28.4 Å². The van der Waals surface area contributed by atoms with Crippen LogP contribution >= 0.6 is 0 Å². The third-order valence-electron chi connectivity index (χ3n) is 3.10. The number of nitriles is 3. The Morgan fingerprint density at radius 2 is 0.833 bits per heavy atom. The third kappa shape index (κ3) is 3.82. The zero-order valence-electron chi connectivity index (χ0n) is 13.4. The molecule has 0 radical (unpaired) electrons. The number of methoxy groups -OCH3 is 3. The molecule has 1 aromatic carbocycles. The van der Waals surface area contributed by atoms with E-state index in [4.69, 9.17) is 44.2 Å². The van der Waals surface area contributed by atoms with Gasteiger partial charge in [-0.3, -0.25) is 0 Å². The van der Waals surface area contributed by atoms with Crippen LogP contribution in [0.5, 0.6) is 17.2 Å². The molecule has 9 nitrogen and oxygen atoms in total. The first-order valence-electron chi connectivity index (χ1n) is 6.55. The van der Waals surface area contributed by atoms with Crippen LogP contribution in [-0.4, -0.2) is 21.3 Å². The summed E-state index contributed by atoms with van der Waals surface area (Å²) in [6.07, 6.45) is 4.69. The topological polar surface area (TPSA) is 127 Å². The highest BCUT2D eigenvalue weighted by atomic mass is 16.5. The number of ether oxygens (including phenoxy) is 6. The summed E-state index contributed by atoms with van der Waals surface area (Å²) in [7, 11) is 4.22. The fourth-order valence-corrected chi connectivity index (χ4v) is 2.30. The Kier molecular flexibility index (Phi) is 7.33. The lowest BCUT2D eigenvalue weighted by atomic mass is 10.0. The first kappa shape index (κ1) is 18.5. The van der Waals surface area contributed by atoms with Crippen LogP contribution in [0, 0.1) is 34.6 Å². The summed E-state index contributed by atoms with van der Waals surface area (Å²) in [4.78, 5) is 0. The molecule has 9 heteroatoms. The summed E-state index contributed by atoms with van der Waals surface area (Å²) in [5.41, 5.74) is 1.20. The quantitative estimate of drug-likeness (QED) is 0.620. The van der Waals surface area contributed by atoms with E-state index in [-0.39, 0.29) is 37.1 Å². The fourth-order valence-electron chi connectivity index (χ4n) is 2.30. The summed E-state index contributed by atoms with van der Waals surface area (Å²) in [6.45, 7) is -0.441. The van der Waals surface area contributed by atoms with Crippen LogP contribution in [0.3, 0.4) is 0 Å². The molecule has 0 aliphatic rings. The van der Waals surface area contributed by atoms with Gasteiger partial charge >= 0.3 is 0 Å². The molecule has 1 aromatic rings. The average molecular weight is 333 g/mol. The zero-order valence-corrected chi connectivity index (χ0v) is 13.4. The number of hydrogen-bond donors (Lipinski definition) is 0. The molecule has 126 valence electrons. The Morgan fingerprint density at radius 3 is 1.00 bits per heavy atom. The molecule has 0 saturated carbocycles.